The molecule has 0 saturated heterocycles. The zero-order valence-electron chi connectivity index (χ0n) is 15.2. The monoisotopic (exact) mass is 358 g/mol. The highest BCUT2D eigenvalue weighted by atomic mass is 16.3. The summed E-state index contributed by atoms with van der Waals surface area (Å²) in [7, 11) is 0. The number of anilines is 1. The molecule has 3 N–H and O–H groups in total. The summed E-state index contributed by atoms with van der Waals surface area (Å²) in [5.41, 5.74) is 10.8. The first-order valence-corrected chi connectivity index (χ1v) is 8.65. The lowest BCUT2D eigenvalue weighted by Gasteiger charge is -2.20. The van der Waals surface area contributed by atoms with Crippen LogP contribution in [0.25, 0.3) is 11.1 Å². The minimum absolute atomic E-state index is 0.239. The molecule has 0 heterocycles. The number of hydrogen-bond acceptors (Lipinski definition) is 3. The molecule has 27 heavy (non-hydrogen) atoms. The molecule has 0 atom stereocenters. The second-order valence-electron chi connectivity index (χ2n) is 6.12. The minimum Gasteiger partial charge on any atom is -0.508 e. The third kappa shape index (κ3) is 4.73. The molecule has 0 bridgehead atoms. The van der Waals surface area contributed by atoms with Gasteiger partial charge in [0.1, 0.15) is 12.1 Å². The van der Waals surface area contributed by atoms with E-state index in [1.165, 1.54) is 18.2 Å². The van der Waals surface area contributed by atoms with Crippen molar-refractivity contribution in [2.75, 3.05) is 5.01 Å². The molecule has 136 valence electrons. The van der Waals surface area contributed by atoms with Crippen LogP contribution in [0.1, 0.15) is 11.1 Å². The van der Waals surface area contributed by atoms with Crippen LogP contribution in [0.2, 0.25) is 0 Å². The predicted octanol–water partition coefficient (Wildman–Crippen LogP) is 4.30. The van der Waals surface area contributed by atoms with E-state index in [4.69, 9.17) is 5.73 Å². The van der Waals surface area contributed by atoms with Crippen molar-refractivity contribution < 1.29 is 5.11 Å². The molecule has 0 amide bonds. The zero-order valence-corrected chi connectivity index (χ0v) is 15.2. The molecule has 0 fully saturated rings. The van der Waals surface area contributed by atoms with E-state index < -0.39 is 0 Å². The van der Waals surface area contributed by atoms with Crippen molar-refractivity contribution in [1.82, 2.24) is 0 Å². The van der Waals surface area contributed by atoms with Gasteiger partial charge in [-0.15, -0.1) is 0 Å². The Labute approximate surface area is 159 Å². The van der Waals surface area contributed by atoms with Gasteiger partial charge in [0.05, 0.1) is 18.6 Å². The predicted molar refractivity (Wildman–Crippen MR) is 112 cm³/mol. The summed E-state index contributed by atoms with van der Waals surface area (Å²) in [6.07, 6.45) is 2.62. The number of hydrazone groups is 1. The maximum Gasteiger partial charge on any atom is 0.137 e. The Morgan fingerprint density at radius 2 is 1.74 bits per heavy atom. The van der Waals surface area contributed by atoms with E-state index in [2.05, 4.69) is 41.3 Å². The number of hydrogen-bond donors (Lipinski definition) is 2. The van der Waals surface area contributed by atoms with Gasteiger partial charge in [-0.1, -0.05) is 48.5 Å². The van der Waals surface area contributed by atoms with E-state index >= 15 is 0 Å². The first kappa shape index (κ1) is 18.2. The van der Waals surface area contributed by atoms with Gasteiger partial charge in [-0.2, -0.15) is 5.10 Å². The number of phenolic OH excluding ortho intramolecular Hbond substituents is 1. The van der Waals surface area contributed by atoms with Crippen LogP contribution in [-0.4, -0.2) is 17.8 Å². The Hall–Kier alpha value is -3.60. The van der Waals surface area contributed by atoms with E-state index in [-0.39, 0.29) is 5.75 Å². The number of aromatic hydroxyl groups is 1. The van der Waals surface area contributed by atoms with Crippen LogP contribution in [0.3, 0.4) is 0 Å². The first-order chi connectivity index (χ1) is 13.2. The Balaban J connectivity index is 1.97. The fourth-order valence-electron chi connectivity index (χ4n) is 2.80. The van der Waals surface area contributed by atoms with Crippen molar-refractivity contribution >= 4 is 18.4 Å². The molecule has 0 spiro atoms. The zero-order chi connectivity index (χ0) is 19.1. The maximum absolute atomic E-state index is 9.50. The molecule has 0 saturated carbocycles. The van der Waals surface area contributed by atoms with E-state index in [1.54, 1.807) is 12.1 Å². The Kier molecular flexibility index (Phi) is 5.84. The second-order valence-corrected chi connectivity index (χ2v) is 6.12. The summed E-state index contributed by atoms with van der Waals surface area (Å²) in [5.74, 6) is 0.239. The number of aliphatic imine (C=N–C) groups is 1. The highest BCUT2D eigenvalue weighted by molar-refractivity contribution is 5.73. The van der Waals surface area contributed by atoms with E-state index in [0.29, 0.717) is 6.54 Å². The van der Waals surface area contributed by atoms with Crippen LogP contribution in [0.5, 0.6) is 5.75 Å². The normalized spacial score (nSPS) is 11.3. The number of phenols is 1. The summed E-state index contributed by atoms with van der Waals surface area (Å²) in [5, 5.41) is 15.8. The van der Waals surface area contributed by atoms with Gasteiger partial charge >= 0.3 is 0 Å². The van der Waals surface area contributed by atoms with Crippen molar-refractivity contribution in [2.45, 2.75) is 13.5 Å². The van der Waals surface area contributed by atoms with Crippen LogP contribution in [0.15, 0.2) is 82.9 Å². The largest absolute Gasteiger partial charge is 0.508 e. The van der Waals surface area contributed by atoms with Crippen molar-refractivity contribution in [1.29, 1.82) is 0 Å². The third-order valence-corrected chi connectivity index (χ3v) is 4.22. The van der Waals surface area contributed by atoms with Gasteiger partial charge in [-0.05, 0) is 53.4 Å². The summed E-state index contributed by atoms with van der Waals surface area (Å²) in [6, 6.07) is 23.6. The van der Waals surface area contributed by atoms with Crippen LogP contribution < -0.4 is 10.7 Å². The lowest BCUT2D eigenvalue weighted by Crippen LogP contribution is -2.16. The molecule has 5 heteroatoms. The minimum atomic E-state index is 0.239. The molecule has 0 aromatic heterocycles. The van der Waals surface area contributed by atoms with Crippen LogP contribution in [0.4, 0.5) is 5.69 Å². The number of nitrogens with two attached hydrogens (primary N) is 1. The van der Waals surface area contributed by atoms with Crippen molar-refractivity contribution in [3.8, 4) is 16.9 Å². The number of benzene rings is 3. The molecule has 5 nitrogen and oxygen atoms in total. The average molecular weight is 358 g/mol. The molecule has 0 unspecified atom stereocenters. The van der Waals surface area contributed by atoms with Gasteiger partial charge < -0.3 is 10.8 Å². The van der Waals surface area contributed by atoms with Gasteiger partial charge in [0, 0.05) is 0 Å². The molecule has 3 aromatic carbocycles. The van der Waals surface area contributed by atoms with E-state index in [0.717, 1.165) is 22.4 Å². The van der Waals surface area contributed by atoms with Crippen LogP contribution in [-0.2, 0) is 6.54 Å². The number of aryl methyl sites for hydroxylation is 1. The lowest BCUT2D eigenvalue weighted by molar-refractivity contribution is 0.475. The SMILES string of the molecule is Cc1ccc(N(Cc2ccc(O)cc2)N=CN=CN)cc1-c1ccccc1. The van der Waals surface area contributed by atoms with Gasteiger partial charge in [0.15, 0.2) is 0 Å². The Morgan fingerprint density at radius 1 is 1.00 bits per heavy atom. The molecule has 3 rings (SSSR count). The number of nitrogens with zero attached hydrogens (tertiary/aromatic N) is 3. The highest BCUT2D eigenvalue weighted by Gasteiger charge is 2.10. The fourth-order valence-corrected chi connectivity index (χ4v) is 2.80. The molecule has 0 aliphatic carbocycles. The summed E-state index contributed by atoms with van der Waals surface area (Å²) >= 11 is 0. The summed E-state index contributed by atoms with van der Waals surface area (Å²) < 4.78 is 0. The van der Waals surface area contributed by atoms with E-state index in [9.17, 15) is 5.11 Å². The van der Waals surface area contributed by atoms with Crippen molar-refractivity contribution in [3.63, 3.8) is 0 Å². The fraction of sp³-hybridized carbons (Fsp3) is 0.0909. The Bertz CT molecular complexity index is 934. The lowest BCUT2D eigenvalue weighted by atomic mass is 10.00. The summed E-state index contributed by atoms with van der Waals surface area (Å²) in [4.78, 5) is 3.87. The maximum atomic E-state index is 9.50. The second kappa shape index (κ2) is 8.67. The number of rotatable bonds is 6. The standard InChI is InChI=1S/C22H22N4O/c1-17-7-10-20(13-22(17)19-5-3-2-4-6-19)26(25-16-24-15-23)14-18-8-11-21(27)12-9-18/h2-13,15-16,27H,14H2,1H3,(H2,23,24,25). The van der Waals surface area contributed by atoms with Gasteiger partial charge in [0.2, 0.25) is 0 Å². The van der Waals surface area contributed by atoms with Gasteiger partial charge in [0.25, 0.3) is 0 Å². The van der Waals surface area contributed by atoms with Crippen LogP contribution in [0, 0.1) is 6.92 Å². The van der Waals surface area contributed by atoms with Crippen molar-refractivity contribution in [2.24, 2.45) is 15.8 Å². The topological polar surface area (TPSA) is 74.2 Å². The molecule has 0 aliphatic rings. The van der Waals surface area contributed by atoms with Gasteiger partial charge in [-0.25, -0.2) is 4.99 Å². The highest BCUT2D eigenvalue weighted by Crippen LogP contribution is 2.29. The first-order valence-electron chi connectivity index (χ1n) is 8.65. The van der Waals surface area contributed by atoms with Gasteiger partial charge in [-0.3, -0.25) is 5.01 Å². The van der Waals surface area contributed by atoms with Crippen molar-refractivity contribution in [3.05, 3.63) is 83.9 Å². The average Bonchev–Trinajstić information content (AvgIpc) is 2.70. The molecular weight excluding hydrogens is 336 g/mol. The molecule has 0 radical (unpaired) electrons. The molecule has 0 aliphatic heterocycles. The quantitative estimate of drug-likeness (QED) is 0.392. The smallest absolute Gasteiger partial charge is 0.137 e. The Morgan fingerprint density at radius 3 is 2.44 bits per heavy atom. The third-order valence-electron chi connectivity index (χ3n) is 4.22. The molecular formula is C22H22N4O. The van der Waals surface area contributed by atoms with Crippen LogP contribution >= 0.6 is 0 Å². The molecule has 3 aromatic rings. The van der Waals surface area contributed by atoms with E-state index in [1.807, 2.05) is 41.4 Å². The summed E-state index contributed by atoms with van der Waals surface area (Å²) in [6.45, 7) is 2.63.